The minimum Gasteiger partial charge on any atom is -0.478 e. The van der Waals surface area contributed by atoms with Crippen LogP contribution in [0.2, 0.25) is 0 Å². The van der Waals surface area contributed by atoms with Crippen molar-refractivity contribution in [2.45, 2.75) is 6.92 Å². The molecule has 90 valence electrons. The molecule has 0 spiro atoms. The zero-order valence-corrected chi connectivity index (χ0v) is 9.47. The van der Waals surface area contributed by atoms with Gasteiger partial charge in [-0.2, -0.15) is 5.10 Å². The van der Waals surface area contributed by atoms with Crippen molar-refractivity contribution in [1.82, 2.24) is 15.2 Å². The second-order valence-electron chi connectivity index (χ2n) is 3.92. The number of aromatic carboxylic acids is 1. The van der Waals surface area contributed by atoms with Gasteiger partial charge in [0.15, 0.2) is 5.58 Å². The number of rotatable bonds is 2. The predicted molar refractivity (Wildman–Crippen MR) is 63.3 cm³/mol. The van der Waals surface area contributed by atoms with Crippen LogP contribution in [0.15, 0.2) is 28.8 Å². The normalized spacial score (nSPS) is 10.9. The fraction of sp³-hybridized carbons (Fsp3) is 0.0833. The number of hydrogen-bond acceptors (Lipinski definition) is 4. The Morgan fingerprint density at radius 2 is 2.28 bits per heavy atom. The molecule has 0 fully saturated rings. The van der Waals surface area contributed by atoms with E-state index >= 15 is 0 Å². The number of carboxylic acids is 1. The van der Waals surface area contributed by atoms with Crippen molar-refractivity contribution >= 4 is 17.1 Å². The summed E-state index contributed by atoms with van der Waals surface area (Å²) in [4.78, 5) is 15.1. The van der Waals surface area contributed by atoms with Crippen LogP contribution in [0.25, 0.3) is 22.6 Å². The molecular weight excluding hydrogens is 234 g/mol. The van der Waals surface area contributed by atoms with Gasteiger partial charge in [0, 0.05) is 5.69 Å². The van der Waals surface area contributed by atoms with E-state index in [-0.39, 0.29) is 5.56 Å². The van der Waals surface area contributed by atoms with E-state index in [2.05, 4.69) is 15.2 Å². The molecule has 1 aromatic carbocycles. The zero-order chi connectivity index (χ0) is 12.7. The van der Waals surface area contributed by atoms with Gasteiger partial charge in [-0.25, -0.2) is 9.78 Å². The van der Waals surface area contributed by atoms with Crippen molar-refractivity contribution in [2.75, 3.05) is 0 Å². The maximum atomic E-state index is 10.9. The number of benzene rings is 1. The van der Waals surface area contributed by atoms with Crippen LogP contribution in [0.5, 0.6) is 0 Å². The highest BCUT2D eigenvalue weighted by Crippen LogP contribution is 2.26. The first kappa shape index (κ1) is 10.5. The first-order chi connectivity index (χ1) is 8.65. The minimum absolute atomic E-state index is 0.186. The quantitative estimate of drug-likeness (QED) is 0.720. The lowest BCUT2D eigenvalue weighted by Gasteiger charge is -1.91. The molecule has 2 heterocycles. The molecule has 2 N–H and O–H groups in total. The molecule has 0 atom stereocenters. The van der Waals surface area contributed by atoms with Crippen LogP contribution in [0.1, 0.15) is 16.1 Å². The number of nitrogens with one attached hydrogen (secondary N) is 1. The zero-order valence-electron chi connectivity index (χ0n) is 9.47. The summed E-state index contributed by atoms with van der Waals surface area (Å²) in [6, 6.07) is 4.58. The van der Waals surface area contributed by atoms with Crippen molar-refractivity contribution in [1.29, 1.82) is 0 Å². The van der Waals surface area contributed by atoms with Gasteiger partial charge in [-0.05, 0) is 25.1 Å². The van der Waals surface area contributed by atoms with Crippen LogP contribution in [0.3, 0.4) is 0 Å². The number of aryl methyl sites for hydroxylation is 1. The van der Waals surface area contributed by atoms with Crippen LogP contribution in [0.4, 0.5) is 0 Å². The van der Waals surface area contributed by atoms with Crippen LogP contribution in [-0.4, -0.2) is 26.3 Å². The van der Waals surface area contributed by atoms with Crippen LogP contribution < -0.4 is 0 Å². The summed E-state index contributed by atoms with van der Waals surface area (Å²) in [7, 11) is 0. The van der Waals surface area contributed by atoms with Crippen LogP contribution in [-0.2, 0) is 0 Å². The van der Waals surface area contributed by atoms with E-state index in [4.69, 9.17) is 9.52 Å². The van der Waals surface area contributed by atoms with Gasteiger partial charge < -0.3 is 9.52 Å². The molecule has 3 aromatic rings. The van der Waals surface area contributed by atoms with Crippen LogP contribution >= 0.6 is 0 Å². The second kappa shape index (κ2) is 3.69. The van der Waals surface area contributed by atoms with E-state index in [9.17, 15) is 4.79 Å². The smallest absolute Gasteiger partial charge is 0.335 e. The molecule has 0 saturated carbocycles. The van der Waals surface area contributed by atoms with E-state index in [1.165, 1.54) is 12.1 Å². The lowest BCUT2D eigenvalue weighted by Crippen LogP contribution is -1.94. The summed E-state index contributed by atoms with van der Waals surface area (Å²) in [5.74, 6) is -0.556. The fourth-order valence-corrected chi connectivity index (χ4v) is 1.74. The summed E-state index contributed by atoms with van der Waals surface area (Å²) in [5, 5.41) is 15.6. The lowest BCUT2D eigenvalue weighted by molar-refractivity contribution is 0.0697. The maximum Gasteiger partial charge on any atom is 0.335 e. The first-order valence-corrected chi connectivity index (χ1v) is 5.29. The average molecular weight is 243 g/mol. The first-order valence-electron chi connectivity index (χ1n) is 5.29. The highest BCUT2D eigenvalue weighted by molar-refractivity contribution is 5.92. The molecule has 0 bridgehead atoms. The second-order valence-corrected chi connectivity index (χ2v) is 3.92. The Balaban J connectivity index is 2.17. The summed E-state index contributed by atoms with van der Waals surface area (Å²) in [6.45, 7) is 1.86. The highest BCUT2D eigenvalue weighted by Gasteiger charge is 2.13. The van der Waals surface area contributed by atoms with Crippen molar-refractivity contribution in [3.05, 3.63) is 35.7 Å². The molecule has 6 heteroatoms. The largest absolute Gasteiger partial charge is 0.478 e. The molecule has 0 amide bonds. The number of fused-ring (bicyclic) bond motifs is 1. The number of carbonyl (C=O) groups is 1. The molecular formula is C12H9N3O3. The highest BCUT2D eigenvalue weighted by atomic mass is 16.4. The number of aromatic amines is 1. The Morgan fingerprint density at radius 3 is 2.94 bits per heavy atom. The molecule has 0 aliphatic heterocycles. The Bertz CT molecular complexity index is 742. The van der Waals surface area contributed by atoms with E-state index in [1.807, 2.05) is 6.92 Å². The van der Waals surface area contributed by atoms with E-state index in [1.54, 1.807) is 12.3 Å². The van der Waals surface area contributed by atoms with Gasteiger partial charge in [0.25, 0.3) is 0 Å². The van der Waals surface area contributed by atoms with E-state index < -0.39 is 5.97 Å². The van der Waals surface area contributed by atoms with Gasteiger partial charge in [0.2, 0.25) is 5.89 Å². The van der Waals surface area contributed by atoms with Crippen molar-refractivity contribution in [3.8, 4) is 11.5 Å². The Kier molecular flexibility index (Phi) is 2.16. The SMILES string of the molecule is Cc1[nH]ncc1-c1nc2cc(C(=O)O)ccc2o1. The van der Waals surface area contributed by atoms with Crippen molar-refractivity contribution in [2.24, 2.45) is 0 Å². The topological polar surface area (TPSA) is 92.0 Å². The van der Waals surface area contributed by atoms with E-state index in [0.717, 1.165) is 11.3 Å². The standard InChI is InChI=1S/C12H9N3O3/c1-6-8(5-13-15-6)11-14-9-4-7(12(16)17)2-3-10(9)18-11/h2-5H,1H3,(H,13,15)(H,16,17). The monoisotopic (exact) mass is 243 g/mol. The molecule has 3 rings (SSSR count). The summed E-state index contributed by atoms with van der Waals surface area (Å²) in [6.07, 6.45) is 1.62. The lowest BCUT2D eigenvalue weighted by atomic mass is 10.2. The third-order valence-corrected chi connectivity index (χ3v) is 2.69. The Hall–Kier alpha value is -2.63. The average Bonchev–Trinajstić information content (AvgIpc) is 2.92. The van der Waals surface area contributed by atoms with Gasteiger partial charge in [-0.3, -0.25) is 5.10 Å². The van der Waals surface area contributed by atoms with Gasteiger partial charge >= 0.3 is 5.97 Å². The summed E-state index contributed by atoms with van der Waals surface area (Å²) < 4.78 is 5.56. The number of carboxylic acid groups (broad SMARTS) is 1. The summed E-state index contributed by atoms with van der Waals surface area (Å²) >= 11 is 0. The summed E-state index contributed by atoms with van der Waals surface area (Å²) in [5.41, 5.74) is 2.87. The molecule has 0 unspecified atom stereocenters. The molecule has 6 nitrogen and oxygen atoms in total. The maximum absolute atomic E-state index is 10.9. The van der Waals surface area contributed by atoms with Gasteiger partial charge in [-0.1, -0.05) is 0 Å². The fourth-order valence-electron chi connectivity index (χ4n) is 1.74. The number of H-pyrrole nitrogens is 1. The molecule has 0 radical (unpaired) electrons. The number of aromatic nitrogens is 3. The third-order valence-electron chi connectivity index (χ3n) is 2.69. The van der Waals surface area contributed by atoms with Crippen LogP contribution in [0, 0.1) is 6.92 Å². The molecule has 0 aliphatic carbocycles. The van der Waals surface area contributed by atoms with Gasteiger partial charge in [-0.15, -0.1) is 0 Å². The molecule has 18 heavy (non-hydrogen) atoms. The molecule has 0 saturated heterocycles. The predicted octanol–water partition coefficient (Wildman–Crippen LogP) is 2.22. The molecule has 0 aliphatic rings. The minimum atomic E-state index is -0.985. The van der Waals surface area contributed by atoms with Gasteiger partial charge in [0.05, 0.1) is 17.3 Å². The van der Waals surface area contributed by atoms with E-state index in [0.29, 0.717) is 17.0 Å². The van der Waals surface area contributed by atoms with Crippen molar-refractivity contribution in [3.63, 3.8) is 0 Å². The van der Waals surface area contributed by atoms with Crippen molar-refractivity contribution < 1.29 is 14.3 Å². The van der Waals surface area contributed by atoms with Gasteiger partial charge in [0.1, 0.15) is 5.52 Å². The number of nitrogens with zero attached hydrogens (tertiary/aromatic N) is 2. The molecule has 2 aromatic heterocycles. The third kappa shape index (κ3) is 1.55. The number of hydrogen-bond donors (Lipinski definition) is 2. The number of oxazole rings is 1. The Labute approximate surface area is 101 Å². The Morgan fingerprint density at radius 1 is 1.44 bits per heavy atom.